The summed E-state index contributed by atoms with van der Waals surface area (Å²) in [6, 6.07) is 8.77. The second-order valence-corrected chi connectivity index (χ2v) is 6.24. The van der Waals surface area contributed by atoms with Gasteiger partial charge in [-0.25, -0.2) is 4.39 Å². The van der Waals surface area contributed by atoms with Crippen LogP contribution in [0.5, 0.6) is 0 Å². The monoisotopic (exact) mass is 338 g/mol. The normalized spacial score (nSPS) is 27.3. The topological polar surface area (TPSA) is 72.8 Å². The maximum Gasteiger partial charge on any atom is 0.219 e. The van der Waals surface area contributed by atoms with Gasteiger partial charge in [0.1, 0.15) is 12.3 Å². The minimum Gasteiger partial charge on any atom is -0.395 e. The van der Waals surface area contributed by atoms with Crippen molar-refractivity contribution >= 4 is 5.91 Å². The van der Waals surface area contributed by atoms with Crippen LogP contribution >= 0.6 is 0 Å². The van der Waals surface area contributed by atoms with Crippen LogP contribution in [0.2, 0.25) is 0 Å². The van der Waals surface area contributed by atoms with E-state index in [1.54, 1.807) is 11.8 Å². The number of hydrogen-bond donors (Lipinski definition) is 3. The van der Waals surface area contributed by atoms with Gasteiger partial charge in [0.05, 0.1) is 18.7 Å². The molecule has 1 heterocycles. The predicted molar refractivity (Wildman–Crippen MR) is 90.3 cm³/mol. The van der Waals surface area contributed by atoms with Crippen LogP contribution in [0.1, 0.15) is 25.3 Å². The Kier molecular flexibility index (Phi) is 7.15. The highest BCUT2D eigenvalue weighted by Crippen LogP contribution is 2.27. The zero-order valence-electron chi connectivity index (χ0n) is 14.1. The van der Waals surface area contributed by atoms with Gasteiger partial charge in [-0.05, 0) is 24.9 Å². The average molecular weight is 338 g/mol. The van der Waals surface area contributed by atoms with Crippen LogP contribution in [-0.2, 0) is 11.2 Å². The first-order valence-corrected chi connectivity index (χ1v) is 8.57. The molecule has 0 radical (unpaired) electrons. The third-order valence-corrected chi connectivity index (χ3v) is 4.68. The molecular formula is C18H27FN2O3. The Labute approximate surface area is 142 Å². The quantitative estimate of drug-likeness (QED) is 0.658. The molecule has 3 N–H and O–H groups in total. The van der Waals surface area contributed by atoms with Crippen LogP contribution in [-0.4, -0.2) is 65.1 Å². The van der Waals surface area contributed by atoms with Gasteiger partial charge in [0.2, 0.25) is 5.91 Å². The largest absolute Gasteiger partial charge is 0.395 e. The number of aryl methyl sites for hydroxylation is 1. The molecule has 4 unspecified atom stereocenters. The minimum absolute atomic E-state index is 0.130. The number of hydrogen-bond acceptors (Lipinski definition) is 4. The fourth-order valence-corrected chi connectivity index (χ4v) is 3.29. The van der Waals surface area contributed by atoms with E-state index in [2.05, 4.69) is 5.32 Å². The fourth-order valence-electron chi connectivity index (χ4n) is 3.29. The van der Waals surface area contributed by atoms with Crippen molar-refractivity contribution in [3.8, 4) is 0 Å². The van der Waals surface area contributed by atoms with Crippen LogP contribution < -0.4 is 5.32 Å². The van der Waals surface area contributed by atoms with Gasteiger partial charge in [-0.1, -0.05) is 37.3 Å². The summed E-state index contributed by atoms with van der Waals surface area (Å²) < 4.78 is 14.3. The molecule has 1 aliphatic heterocycles. The van der Waals surface area contributed by atoms with Crippen molar-refractivity contribution in [3.63, 3.8) is 0 Å². The van der Waals surface area contributed by atoms with E-state index in [0.717, 1.165) is 12.8 Å². The highest BCUT2D eigenvalue weighted by molar-refractivity contribution is 5.75. The minimum atomic E-state index is -1.50. The van der Waals surface area contributed by atoms with Crippen molar-refractivity contribution in [3.05, 3.63) is 35.9 Å². The molecule has 4 atom stereocenters. The van der Waals surface area contributed by atoms with Gasteiger partial charge in [0, 0.05) is 13.0 Å². The fraction of sp³-hybridized carbons (Fsp3) is 0.611. The Balaban J connectivity index is 1.96. The molecule has 1 saturated heterocycles. The maximum absolute atomic E-state index is 14.3. The lowest BCUT2D eigenvalue weighted by atomic mass is 10.1. The SMILES string of the molecule is CCC(=O)NCC1C(O)C(F)C(CO)N1CCCc1ccccc1. The number of nitrogens with zero attached hydrogens (tertiary/aromatic N) is 1. The smallest absolute Gasteiger partial charge is 0.219 e. The Morgan fingerprint density at radius 3 is 2.62 bits per heavy atom. The summed E-state index contributed by atoms with van der Waals surface area (Å²) in [6.45, 7) is 2.15. The van der Waals surface area contributed by atoms with E-state index in [4.69, 9.17) is 0 Å². The number of carbonyl (C=O) groups is 1. The molecule has 6 heteroatoms. The number of halogens is 1. The molecule has 0 spiro atoms. The Morgan fingerprint density at radius 1 is 1.29 bits per heavy atom. The number of benzene rings is 1. The van der Waals surface area contributed by atoms with Crippen molar-refractivity contribution < 1.29 is 19.4 Å². The van der Waals surface area contributed by atoms with Crippen LogP contribution in [0.25, 0.3) is 0 Å². The van der Waals surface area contributed by atoms with Crippen LogP contribution in [0.15, 0.2) is 30.3 Å². The van der Waals surface area contributed by atoms with E-state index in [1.807, 2.05) is 30.3 Å². The van der Waals surface area contributed by atoms with Gasteiger partial charge >= 0.3 is 0 Å². The summed E-state index contributed by atoms with van der Waals surface area (Å²) in [5.74, 6) is -0.130. The molecule has 1 aromatic rings. The van der Waals surface area contributed by atoms with Gasteiger partial charge < -0.3 is 15.5 Å². The molecule has 134 valence electrons. The summed E-state index contributed by atoms with van der Waals surface area (Å²) in [5.41, 5.74) is 1.20. The number of carbonyl (C=O) groups excluding carboxylic acids is 1. The van der Waals surface area contributed by atoms with Gasteiger partial charge in [-0.3, -0.25) is 9.69 Å². The van der Waals surface area contributed by atoms with E-state index < -0.39 is 24.4 Å². The number of aliphatic hydroxyl groups excluding tert-OH is 2. The van der Waals surface area contributed by atoms with Gasteiger partial charge in [0.25, 0.3) is 0 Å². The summed E-state index contributed by atoms with van der Waals surface area (Å²) in [6.07, 6.45) is -0.722. The number of nitrogens with one attached hydrogen (secondary N) is 1. The number of aliphatic hydroxyl groups is 2. The molecule has 1 fully saturated rings. The highest BCUT2D eigenvalue weighted by Gasteiger charge is 2.47. The Bertz CT molecular complexity index is 514. The summed E-state index contributed by atoms with van der Waals surface area (Å²) in [4.78, 5) is 13.3. The van der Waals surface area contributed by atoms with Crippen molar-refractivity contribution in [1.29, 1.82) is 0 Å². The second kappa shape index (κ2) is 9.11. The number of amides is 1. The van der Waals surface area contributed by atoms with E-state index in [9.17, 15) is 19.4 Å². The van der Waals surface area contributed by atoms with E-state index in [0.29, 0.717) is 13.0 Å². The van der Waals surface area contributed by atoms with Crippen molar-refractivity contribution in [2.75, 3.05) is 19.7 Å². The molecule has 2 rings (SSSR count). The molecule has 1 aromatic carbocycles. The zero-order valence-corrected chi connectivity index (χ0v) is 14.1. The first-order valence-electron chi connectivity index (χ1n) is 8.57. The lowest BCUT2D eigenvalue weighted by Crippen LogP contribution is -2.47. The molecule has 5 nitrogen and oxygen atoms in total. The summed E-state index contributed by atoms with van der Waals surface area (Å²) in [7, 11) is 0. The summed E-state index contributed by atoms with van der Waals surface area (Å²) >= 11 is 0. The van der Waals surface area contributed by atoms with Gasteiger partial charge in [0.15, 0.2) is 0 Å². The molecule has 0 aliphatic carbocycles. The molecular weight excluding hydrogens is 311 g/mol. The van der Waals surface area contributed by atoms with Gasteiger partial charge in [-0.15, -0.1) is 0 Å². The van der Waals surface area contributed by atoms with Crippen molar-refractivity contribution in [2.45, 2.75) is 50.5 Å². The molecule has 24 heavy (non-hydrogen) atoms. The number of alkyl halides is 1. The molecule has 1 aliphatic rings. The maximum atomic E-state index is 14.3. The van der Waals surface area contributed by atoms with Crippen molar-refractivity contribution in [2.24, 2.45) is 0 Å². The highest BCUT2D eigenvalue weighted by atomic mass is 19.1. The lowest BCUT2D eigenvalue weighted by Gasteiger charge is -2.29. The van der Waals surface area contributed by atoms with Crippen LogP contribution in [0, 0.1) is 0 Å². The van der Waals surface area contributed by atoms with Gasteiger partial charge in [-0.2, -0.15) is 0 Å². The second-order valence-electron chi connectivity index (χ2n) is 6.24. The average Bonchev–Trinajstić information content (AvgIpc) is 2.84. The standard InChI is InChI=1S/C18H27FN2O3/c1-2-16(23)20-11-14-18(24)17(19)15(12-22)21(14)10-6-9-13-7-4-3-5-8-13/h3-5,7-8,14-15,17-18,22,24H,2,6,9-12H2,1H3,(H,20,23). The van der Waals surface area contributed by atoms with E-state index in [-0.39, 0.29) is 19.1 Å². The third kappa shape index (κ3) is 4.53. The van der Waals surface area contributed by atoms with E-state index in [1.165, 1.54) is 5.56 Å². The summed E-state index contributed by atoms with van der Waals surface area (Å²) in [5, 5.41) is 22.4. The molecule has 0 saturated carbocycles. The first-order chi connectivity index (χ1) is 11.6. The van der Waals surface area contributed by atoms with E-state index >= 15 is 0 Å². The third-order valence-electron chi connectivity index (χ3n) is 4.68. The van der Waals surface area contributed by atoms with Crippen LogP contribution in [0.3, 0.4) is 0 Å². The molecule has 1 amide bonds. The molecule has 0 aromatic heterocycles. The van der Waals surface area contributed by atoms with Crippen LogP contribution in [0.4, 0.5) is 4.39 Å². The Hall–Kier alpha value is -1.50. The molecule has 0 bridgehead atoms. The first kappa shape index (κ1) is 18.8. The Morgan fingerprint density at radius 2 is 2.00 bits per heavy atom. The van der Waals surface area contributed by atoms with Crippen molar-refractivity contribution in [1.82, 2.24) is 10.2 Å². The number of rotatable bonds is 8. The zero-order chi connectivity index (χ0) is 17.5. The lowest BCUT2D eigenvalue weighted by molar-refractivity contribution is -0.121. The number of likely N-dealkylation sites (tertiary alicyclic amines) is 1. The predicted octanol–water partition coefficient (Wildman–Crippen LogP) is 0.889.